The van der Waals surface area contributed by atoms with Gasteiger partial charge >= 0.3 is 5.97 Å². The summed E-state index contributed by atoms with van der Waals surface area (Å²) in [5, 5.41) is 0. The van der Waals surface area contributed by atoms with Crippen LogP contribution < -0.4 is 0 Å². The molecule has 0 N–H and O–H groups in total. The molecule has 0 amide bonds. The lowest BCUT2D eigenvalue weighted by atomic mass is 9.86. The van der Waals surface area contributed by atoms with Gasteiger partial charge < -0.3 is 0 Å². The van der Waals surface area contributed by atoms with Crippen LogP contribution in [0.3, 0.4) is 0 Å². The Kier molecular flexibility index (Phi) is 2.05. The molecule has 0 aromatic heterocycles. The van der Waals surface area contributed by atoms with Crippen LogP contribution >= 0.6 is 0 Å². The van der Waals surface area contributed by atoms with Crippen LogP contribution in [0.4, 0.5) is 0 Å². The standard InChI is InChI=1S/C6H10O3/c1-8-9-6(7)5-3-2-4-5/h5H,2-4H2,1H3. The second kappa shape index (κ2) is 2.82. The first-order valence-electron chi connectivity index (χ1n) is 3.09. The van der Waals surface area contributed by atoms with E-state index in [0.29, 0.717) is 0 Å². The summed E-state index contributed by atoms with van der Waals surface area (Å²) in [5.41, 5.74) is 0. The first kappa shape index (κ1) is 6.55. The Bertz CT molecular complexity index is 107. The highest BCUT2D eigenvalue weighted by molar-refractivity contribution is 5.72. The monoisotopic (exact) mass is 130 g/mol. The third-order valence-corrected chi connectivity index (χ3v) is 1.60. The molecule has 0 spiro atoms. The molecule has 0 radical (unpaired) electrons. The molecule has 0 heterocycles. The molecule has 0 atom stereocenters. The zero-order valence-corrected chi connectivity index (χ0v) is 5.42. The average Bonchev–Trinajstić information content (AvgIpc) is 1.60. The van der Waals surface area contributed by atoms with E-state index in [1.54, 1.807) is 0 Å². The fourth-order valence-electron chi connectivity index (χ4n) is 0.794. The molecule has 0 bridgehead atoms. The Hall–Kier alpha value is -0.570. The number of carbonyl (C=O) groups excluding carboxylic acids is 1. The number of rotatable bonds is 2. The van der Waals surface area contributed by atoms with Gasteiger partial charge in [0.2, 0.25) is 0 Å². The molecular weight excluding hydrogens is 120 g/mol. The van der Waals surface area contributed by atoms with Crippen molar-refractivity contribution < 1.29 is 14.6 Å². The average molecular weight is 130 g/mol. The van der Waals surface area contributed by atoms with E-state index in [4.69, 9.17) is 0 Å². The summed E-state index contributed by atoms with van der Waals surface area (Å²) < 4.78 is 0. The van der Waals surface area contributed by atoms with Gasteiger partial charge in [0.1, 0.15) is 0 Å². The van der Waals surface area contributed by atoms with Gasteiger partial charge in [-0.25, -0.2) is 4.79 Å². The third kappa shape index (κ3) is 1.42. The van der Waals surface area contributed by atoms with Gasteiger partial charge in [0.15, 0.2) is 0 Å². The van der Waals surface area contributed by atoms with E-state index in [-0.39, 0.29) is 11.9 Å². The number of hydrogen-bond donors (Lipinski definition) is 0. The van der Waals surface area contributed by atoms with Gasteiger partial charge in [0, 0.05) is 0 Å². The van der Waals surface area contributed by atoms with Gasteiger partial charge in [-0.15, -0.1) is 0 Å². The van der Waals surface area contributed by atoms with Gasteiger partial charge in [-0.05, 0) is 12.8 Å². The molecule has 0 saturated heterocycles. The highest BCUT2D eigenvalue weighted by Crippen LogP contribution is 2.27. The first-order chi connectivity index (χ1) is 4.34. The maximum absolute atomic E-state index is 10.7. The van der Waals surface area contributed by atoms with Crippen LogP contribution in [0.5, 0.6) is 0 Å². The lowest BCUT2D eigenvalue weighted by Gasteiger charge is -2.21. The fraction of sp³-hybridized carbons (Fsp3) is 0.833. The van der Waals surface area contributed by atoms with Gasteiger partial charge in [-0.3, -0.25) is 4.89 Å². The van der Waals surface area contributed by atoms with Crippen LogP contribution in [0.2, 0.25) is 0 Å². The lowest BCUT2D eigenvalue weighted by molar-refractivity contribution is -0.261. The van der Waals surface area contributed by atoms with Crippen LogP contribution in [-0.2, 0) is 14.6 Å². The largest absolute Gasteiger partial charge is 0.345 e. The molecule has 9 heavy (non-hydrogen) atoms. The van der Waals surface area contributed by atoms with Crippen molar-refractivity contribution in [1.29, 1.82) is 0 Å². The second-order valence-corrected chi connectivity index (χ2v) is 2.20. The second-order valence-electron chi connectivity index (χ2n) is 2.20. The smallest absolute Gasteiger partial charge is 0.298 e. The lowest BCUT2D eigenvalue weighted by Crippen LogP contribution is -2.23. The Labute approximate surface area is 53.9 Å². The molecule has 1 saturated carbocycles. The molecule has 1 aliphatic carbocycles. The Morgan fingerprint density at radius 2 is 2.22 bits per heavy atom. The predicted molar refractivity (Wildman–Crippen MR) is 30.4 cm³/mol. The van der Waals surface area contributed by atoms with Crippen LogP contribution in [0.15, 0.2) is 0 Å². The van der Waals surface area contributed by atoms with Crippen molar-refractivity contribution in [3.05, 3.63) is 0 Å². The van der Waals surface area contributed by atoms with E-state index in [0.717, 1.165) is 19.3 Å². The van der Waals surface area contributed by atoms with Gasteiger partial charge in [0.25, 0.3) is 0 Å². The fourth-order valence-corrected chi connectivity index (χ4v) is 0.794. The zero-order chi connectivity index (χ0) is 6.69. The third-order valence-electron chi connectivity index (χ3n) is 1.60. The van der Waals surface area contributed by atoms with Crippen molar-refractivity contribution in [3.63, 3.8) is 0 Å². The SMILES string of the molecule is COOC(=O)C1CCC1. The van der Waals surface area contributed by atoms with Gasteiger partial charge in [-0.2, -0.15) is 4.89 Å². The van der Waals surface area contributed by atoms with E-state index in [1.807, 2.05) is 0 Å². The van der Waals surface area contributed by atoms with E-state index < -0.39 is 0 Å². The van der Waals surface area contributed by atoms with Crippen molar-refractivity contribution in [3.8, 4) is 0 Å². The molecule has 1 fully saturated rings. The quantitative estimate of drug-likeness (QED) is 0.411. The Morgan fingerprint density at radius 3 is 2.56 bits per heavy atom. The normalized spacial score (nSPS) is 18.8. The molecule has 52 valence electrons. The molecule has 3 heteroatoms. The topological polar surface area (TPSA) is 35.5 Å². The van der Waals surface area contributed by atoms with Crippen LogP contribution in [0.1, 0.15) is 19.3 Å². The Morgan fingerprint density at radius 1 is 1.56 bits per heavy atom. The highest BCUT2D eigenvalue weighted by atomic mass is 17.2. The molecule has 1 rings (SSSR count). The van der Waals surface area contributed by atoms with E-state index in [1.165, 1.54) is 7.11 Å². The molecule has 0 unspecified atom stereocenters. The molecule has 0 aliphatic heterocycles. The number of hydrogen-bond acceptors (Lipinski definition) is 3. The first-order valence-corrected chi connectivity index (χ1v) is 3.09. The zero-order valence-electron chi connectivity index (χ0n) is 5.42. The summed E-state index contributed by atoms with van der Waals surface area (Å²) >= 11 is 0. The minimum Gasteiger partial charge on any atom is -0.298 e. The van der Waals surface area contributed by atoms with E-state index in [2.05, 4.69) is 9.78 Å². The maximum atomic E-state index is 10.7. The molecule has 0 aromatic rings. The van der Waals surface area contributed by atoms with Crippen molar-refractivity contribution in [2.75, 3.05) is 7.11 Å². The van der Waals surface area contributed by atoms with Crippen LogP contribution in [0.25, 0.3) is 0 Å². The summed E-state index contributed by atoms with van der Waals surface area (Å²) in [6.45, 7) is 0. The molecular formula is C6H10O3. The minimum absolute atomic E-state index is 0.116. The minimum atomic E-state index is -0.219. The number of carbonyl (C=O) groups is 1. The van der Waals surface area contributed by atoms with Gasteiger partial charge in [0.05, 0.1) is 13.0 Å². The summed E-state index contributed by atoms with van der Waals surface area (Å²) in [6, 6.07) is 0. The van der Waals surface area contributed by atoms with Crippen LogP contribution in [0, 0.1) is 5.92 Å². The maximum Gasteiger partial charge on any atom is 0.345 e. The van der Waals surface area contributed by atoms with Crippen molar-refractivity contribution in [2.45, 2.75) is 19.3 Å². The highest BCUT2D eigenvalue weighted by Gasteiger charge is 2.27. The molecule has 0 aromatic carbocycles. The summed E-state index contributed by atoms with van der Waals surface area (Å²) in [4.78, 5) is 19.2. The van der Waals surface area contributed by atoms with E-state index >= 15 is 0 Å². The summed E-state index contributed by atoms with van der Waals surface area (Å²) in [6.07, 6.45) is 3.06. The van der Waals surface area contributed by atoms with Crippen LogP contribution in [-0.4, -0.2) is 13.1 Å². The predicted octanol–water partition coefficient (Wildman–Crippen LogP) is 0.891. The summed E-state index contributed by atoms with van der Waals surface area (Å²) in [7, 11) is 1.34. The van der Waals surface area contributed by atoms with Crippen molar-refractivity contribution in [2.24, 2.45) is 5.92 Å². The van der Waals surface area contributed by atoms with Crippen molar-refractivity contribution >= 4 is 5.97 Å². The van der Waals surface area contributed by atoms with E-state index in [9.17, 15) is 4.79 Å². The summed E-state index contributed by atoms with van der Waals surface area (Å²) in [5.74, 6) is -0.103. The van der Waals surface area contributed by atoms with Gasteiger partial charge in [-0.1, -0.05) is 6.42 Å². The van der Waals surface area contributed by atoms with Crippen molar-refractivity contribution in [1.82, 2.24) is 0 Å². The molecule has 1 aliphatic rings. The Balaban J connectivity index is 2.16. The molecule has 3 nitrogen and oxygen atoms in total.